The molecule has 124 valence electrons. The van der Waals surface area contributed by atoms with E-state index >= 15 is 0 Å². The van der Waals surface area contributed by atoms with Crippen molar-refractivity contribution >= 4 is 21.7 Å². The van der Waals surface area contributed by atoms with Crippen LogP contribution in [0.15, 0.2) is 46.9 Å². The second kappa shape index (κ2) is 6.66. The molecular weight excluding hydrogens is 381 g/mol. The predicted octanol–water partition coefficient (Wildman–Crippen LogP) is 5.39. The highest BCUT2D eigenvalue weighted by atomic mass is 79.9. The maximum absolute atomic E-state index is 14.4. The minimum Gasteiger partial charge on any atom is -0.383 e. The third-order valence-electron chi connectivity index (χ3n) is 4.05. The average Bonchev–Trinajstić information content (AvgIpc) is 2.58. The Hall–Kier alpha value is -2.71. The van der Waals surface area contributed by atoms with E-state index in [9.17, 15) is 9.65 Å². The molecule has 3 nitrogen and oxygen atoms in total. The minimum absolute atomic E-state index is 0.0929. The largest absolute Gasteiger partial charge is 0.383 e. The molecule has 0 fully saturated rings. The first kappa shape index (κ1) is 17.1. The summed E-state index contributed by atoms with van der Waals surface area (Å²) in [5.41, 5.74) is 10.6. The quantitative estimate of drug-likeness (QED) is 0.632. The second-order valence-corrected chi connectivity index (χ2v) is 6.79. The SMILES string of the molecule is Cc1ccc(C)c(-c2cc(-c3cc(Br)ccc3F)c(C#N)c(N)n2)c1. The summed E-state index contributed by atoms with van der Waals surface area (Å²) in [4.78, 5) is 4.38. The molecule has 0 aliphatic heterocycles. The summed E-state index contributed by atoms with van der Waals surface area (Å²) < 4.78 is 15.1. The fraction of sp³-hybridized carbons (Fsp3) is 0.100. The number of halogens is 2. The smallest absolute Gasteiger partial charge is 0.142 e. The number of aromatic nitrogens is 1. The van der Waals surface area contributed by atoms with Crippen molar-refractivity contribution in [3.63, 3.8) is 0 Å². The maximum Gasteiger partial charge on any atom is 0.142 e. The van der Waals surface area contributed by atoms with Crippen molar-refractivity contribution in [2.75, 3.05) is 5.73 Å². The van der Waals surface area contributed by atoms with Crippen LogP contribution in [-0.2, 0) is 0 Å². The van der Waals surface area contributed by atoms with Gasteiger partial charge in [0.25, 0.3) is 0 Å². The standard InChI is InChI=1S/C20H15BrFN3/c1-11-3-4-12(2)14(7-11)19-9-15(17(10-23)20(24)25-19)16-8-13(21)5-6-18(16)22/h3-9H,1-2H3,(H2,24,25). The zero-order valence-corrected chi connectivity index (χ0v) is 15.4. The molecule has 0 unspecified atom stereocenters. The van der Waals surface area contributed by atoms with Gasteiger partial charge in [0.1, 0.15) is 23.3 Å². The van der Waals surface area contributed by atoms with E-state index in [1.807, 2.05) is 38.1 Å². The Labute approximate surface area is 154 Å². The molecule has 0 aliphatic rings. The van der Waals surface area contributed by atoms with Crippen LogP contribution in [0.4, 0.5) is 10.2 Å². The van der Waals surface area contributed by atoms with Crippen LogP contribution in [0, 0.1) is 31.0 Å². The van der Waals surface area contributed by atoms with Gasteiger partial charge < -0.3 is 5.73 Å². The number of pyridine rings is 1. The molecule has 0 saturated carbocycles. The number of aryl methyl sites for hydroxylation is 2. The molecule has 0 spiro atoms. The third-order valence-corrected chi connectivity index (χ3v) is 4.54. The van der Waals surface area contributed by atoms with Crippen molar-refractivity contribution in [2.45, 2.75) is 13.8 Å². The lowest BCUT2D eigenvalue weighted by Crippen LogP contribution is -2.01. The van der Waals surface area contributed by atoms with Gasteiger partial charge in [0.05, 0.1) is 5.69 Å². The first-order valence-corrected chi connectivity index (χ1v) is 8.43. The van der Waals surface area contributed by atoms with Crippen LogP contribution in [-0.4, -0.2) is 4.98 Å². The Kier molecular flexibility index (Phi) is 4.56. The summed E-state index contributed by atoms with van der Waals surface area (Å²) in [7, 11) is 0. The molecule has 1 aromatic heterocycles. The van der Waals surface area contributed by atoms with Crippen molar-refractivity contribution in [3.8, 4) is 28.5 Å². The van der Waals surface area contributed by atoms with Gasteiger partial charge in [0.2, 0.25) is 0 Å². The lowest BCUT2D eigenvalue weighted by atomic mass is 9.96. The molecule has 0 aliphatic carbocycles. The van der Waals surface area contributed by atoms with E-state index in [-0.39, 0.29) is 11.4 Å². The molecular formula is C20H15BrFN3. The van der Waals surface area contributed by atoms with Crippen molar-refractivity contribution < 1.29 is 4.39 Å². The van der Waals surface area contributed by atoms with Crippen LogP contribution in [0.1, 0.15) is 16.7 Å². The van der Waals surface area contributed by atoms with Crippen LogP contribution in [0.3, 0.4) is 0 Å². The Morgan fingerprint density at radius 1 is 1.04 bits per heavy atom. The number of nitrogens with two attached hydrogens (primary N) is 1. The topological polar surface area (TPSA) is 62.7 Å². The first-order chi connectivity index (χ1) is 11.9. The Balaban J connectivity index is 2.32. The van der Waals surface area contributed by atoms with E-state index < -0.39 is 5.82 Å². The molecule has 0 atom stereocenters. The molecule has 3 aromatic rings. The number of hydrogen-bond acceptors (Lipinski definition) is 3. The molecule has 1 heterocycles. The molecule has 0 radical (unpaired) electrons. The molecule has 3 rings (SSSR count). The summed E-state index contributed by atoms with van der Waals surface area (Å²) in [5, 5.41) is 9.48. The molecule has 2 aromatic carbocycles. The summed E-state index contributed by atoms with van der Waals surface area (Å²) in [5.74, 6) is -0.326. The number of anilines is 1. The summed E-state index contributed by atoms with van der Waals surface area (Å²) >= 11 is 3.35. The summed E-state index contributed by atoms with van der Waals surface area (Å²) in [6.07, 6.45) is 0. The van der Waals surface area contributed by atoms with Gasteiger partial charge in [-0.2, -0.15) is 5.26 Å². The van der Waals surface area contributed by atoms with Gasteiger partial charge in [0, 0.05) is 21.2 Å². The van der Waals surface area contributed by atoms with E-state index in [1.165, 1.54) is 6.07 Å². The van der Waals surface area contributed by atoms with E-state index in [0.717, 1.165) is 21.2 Å². The fourth-order valence-corrected chi connectivity index (χ4v) is 3.11. The normalized spacial score (nSPS) is 10.5. The van der Waals surface area contributed by atoms with Gasteiger partial charge in [-0.15, -0.1) is 0 Å². The van der Waals surface area contributed by atoms with Crippen molar-refractivity contribution in [3.05, 3.63) is 69.4 Å². The van der Waals surface area contributed by atoms with Gasteiger partial charge in [-0.1, -0.05) is 33.6 Å². The van der Waals surface area contributed by atoms with E-state index in [2.05, 4.69) is 20.9 Å². The molecule has 0 amide bonds. The Morgan fingerprint density at radius 2 is 1.80 bits per heavy atom. The van der Waals surface area contributed by atoms with Crippen LogP contribution >= 0.6 is 15.9 Å². The molecule has 25 heavy (non-hydrogen) atoms. The van der Waals surface area contributed by atoms with Crippen LogP contribution in [0.25, 0.3) is 22.4 Å². The van der Waals surface area contributed by atoms with Gasteiger partial charge >= 0.3 is 0 Å². The second-order valence-electron chi connectivity index (χ2n) is 5.87. The monoisotopic (exact) mass is 395 g/mol. The lowest BCUT2D eigenvalue weighted by molar-refractivity contribution is 0.631. The summed E-state index contributed by atoms with van der Waals surface area (Å²) in [6, 6.07) is 14.4. The predicted molar refractivity (Wildman–Crippen MR) is 101 cm³/mol. The number of nitriles is 1. The van der Waals surface area contributed by atoms with Gasteiger partial charge in [-0.3, -0.25) is 0 Å². The average molecular weight is 396 g/mol. The number of rotatable bonds is 2. The highest BCUT2D eigenvalue weighted by molar-refractivity contribution is 9.10. The van der Waals surface area contributed by atoms with Crippen LogP contribution in [0.2, 0.25) is 0 Å². The van der Waals surface area contributed by atoms with Crippen LogP contribution in [0.5, 0.6) is 0 Å². The molecule has 0 saturated heterocycles. The number of hydrogen-bond donors (Lipinski definition) is 1. The highest BCUT2D eigenvalue weighted by Crippen LogP contribution is 2.35. The third kappa shape index (κ3) is 3.26. The molecule has 5 heteroatoms. The molecule has 0 bridgehead atoms. The zero-order chi connectivity index (χ0) is 18.1. The maximum atomic E-state index is 14.4. The zero-order valence-electron chi connectivity index (χ0n) is 13.8. The first-order valence-electron chi connectivity index (χ1n) is 7.64. The molecule has 2 N–H and O–H groups in total. The van der Waals surface area contributed by atoms with Crippen molar-refractivity contribution in [2.24, 2.45) is 0 Å². The summed E-state index contributed by atoms with van der Waals surface area (Å²) in [6.45, 7) is 3.97. The highest BCUT2D eigenvalue weighted by Gasteiger charge is 2.17. The van der Waals surface area contributed by atoms with E-state index in [1.54, 1.807) is 18.2 Å². The minimum atomic E-state index is -0.419. The fourth-order valence-electron chi connectivity index (χ4n) is 2.75. The van der Waals surface area contributed by atoms with Gasteiger partial charge in [-0.25, -0.2) is 9.37 Å². The number of nitrogen functional groups attached to an aromatic ring is 1. The van der Waals surface area contributed by atoms with Crippen molar-refractivity contribution in [1.29, 1.82) is 5.26 Å². The van der Waals surface area contributed by atoms with Crippen LogP contribution < -0.4 is 5.73 Å². The van der Waals surface area contributed by atoms with Gasteiger partial charge in [-0.05, 0) is 49.7 Å². The lowest BCUT2D eigenvalue weighted by Gasteiger charge is -2.13. The number of nitrogens with zero attached hydrogens (tertiary/aromatic N) is 2. The Bertz CT molecular complexity index is 1020. The number of benzene rings is 2. The van der Waals surface area contributed by atoms with Crippen molar-refractivity contribution in [1.82, 2.24) is 4.98 Å². The van der Waals surface area contributed by atoms with E-state index in [0.29, 0.717) is 16.8 Å². The van der Waals surface area contributed by atoms with E-state index in [4.69, 9.17) is 5.73 Å². The Morgan fingerprint density at radius 3 is 2.52 bits per heavy atom. The van der Waals surface area contributed by atoms with Gasteiger partial charge in [0.15, 0.2) is 0 Å².